The summed E-state index contributed by atoms with van der Waals surface area (Å²) in [5, 5.41) is 2.78. The van der Waals surface area contributed by atoms with Crippen molar-refractivity contribution in [3.8, 4) is 0 Å². The zero-order valence-corrected chi connectivity index (χ0v) is 12.4. The van der Waals surface area contributed by atoms with Gasteiger partial charge in [0.15, 0.2) is 0 Å². The zero-order chi connectivity index (χ0) is 14.1. The van der Waals surface area contributed by atoms with Crippen molar-refractivity contribution in [3.63, 3.8) is 0 Å². The van der Waals surface area contributed by atoms with E-state index in [4.69, 9.17) is 10.7 Å². The van der Waals surface area contributed by atoms with Crippen LogP contribution in [0.15, 0.2) is 17.2 Å². The van der Waals surface area contributed by atoms with Crippen LogP contribution in [0.1, 0.15) is 38.2 Å². The van der Waals surface area contributed by atoms with Gasteiger partial charge < -0.3 is 9.88 Å². The summed E-state index contributed by atoms with van der Waals surface area (Å²) in [4.78, 5) is 11.9. The van der Waals surface area contributed by atoms with E-state index in [9.17, 15) is 13.2 Å². The van der Waals surface area contributed by atoms with Gasteiger partial charge in [0.05, 0.1) is 0 Å². The minimum Gasteiger partial charge on any atom is -0.346 e. The molecule has 1 rings (SSSR count). The Morgan fingerprint density at radius 1 is 1.44 bits per heavy atom. The molecule has 102 valence electrons. The third kappa shape index (κ3) is 3.74. The average molecular weight is 293 g/mol. The molecule has 0 saturated carbocycles. The summed E-state index contributed by atoms with van der Waals surface area (Å²) in [5.74, 6) is -0.323. The molecule has 18 heavy (non-hydrogen) atoms. The van der Waals surface area contributed by atoms with Crippen molar-refractivity contribution in [1.82, 2.24) is 9.88 Å². The highest BCUT2D eigenvalue weighted by molar-refractivity contribution is 8.13. The summed E-state index contributed by atoms with van der Waals surface area (Å²) in [7, 11) is 1.45. The van der Waals surface area contributed by atoms with Crippen LogP contribution in [0.25, 0.3) is 0 Å². The Hall–Kier alpha value is -1.01. The minimum atomic E-state index is -3.82. The summed E-state index contributed by atoms with van der Waals surface area (Å²) in [5.41, 5.74) is -0.105. The van der Waals surface area contributed by atoms with Crippen LogP contribution in [-0.2, 0) is 15.6 Å². The van der Waals surface area contributed by atoms with Gasteiger partial charge in [-0.2, -0.15) is 0 Å². The molecular formula is C11H17ClN2O3S. The van der Waals surface area contributed by atoms with Gasteiger partial charge in [0, 0.05) is 29.0 Å². The van der Waals surface area contributed by atoms with Crippen LogP contribution in [0.2, 0.25) is 0 Å². The first kappa shape index (κ1) is 15.0. The van der Waals surface area contributed by atoms with E-state index in [1.54, 1.807) is 4.57 Å². The molecule has 1 aromatic heterocycles. The Morgan fingerprint density at radius 3 is 2.39 bits per heavy atom. The lowest BCUT2D eigenvalue weighted by Crippen LogP contribution is -2.41. The quantitative estimate of drug-likeness (QED) is 0.866. The summed E-state index contributed by atoms with van der Waals surface area (Å²) in [6.07, 6.45) is 1.36. The second-order valence-corrected chi connectivity index (χ2v) is 7.55. The monoisotopic (exact) mass is 292 g/mol. The van der Waals surface area contributed by atoms with E-state index in [2.05, 4.69) is 5.32 Å². The Balaban J connectivity index is 3.17. The molecule has 1 heterocycles. The predicted octanol–water partition coefficient (Wildman–Crippen LogP) is 1.96. The molecule has 0 spiro atoms. The first-order chi connectivity index (χ1) is 8.04. The van der Waals surface area contributed by atoms with Crippen LogP contribution >= 0.6 is 10.7 Å². The van der Waals surface area contributed by atoms with Crippen LogP contribution in [0.5, 0.6) is 0 Å². The second-order valence-electron chi connectivity index (χ2n) is 4.99. The van der Waals surface area contributed by atoms with E-state index in [0.29, 0.717) is 6.54 Å². The van der Waals surface area contributed by atoms with Gasteiger partial charge in [-0.25, -0.2) is 8.42 Å². The molecule has 0 aromatic carbocycles. The zero-order valence-electron chi connectivity index (χ0n) is 10.8. The molecule has 1 aromatic rings. The standard InChI is InChI=1S/C11H17ClN2O3S/c1-5-14-7-8(18(12,16)17)6-9(14)10(15)13-11(2,3)4/h6-7H,5H2,1-4H3,(H,13,15). The number of halogens is 1. The lowest BCUT2D eigenvalue weighted by atomic mass is 10.1. The SMILES string of the molecule is CCn1cc(S(=O)(=O)Cl)cc1C(=O)NC(C)(C)C. The third-order valence-electron chi connectivity index (χ3n) is 2.21. The van der Waals surface area contributed by atoms with Crippen LogP contribution < -0.4 is 5.32 Å². The molecule has 0 aliphatic carbocycles. The van der Waals surface area contributed by atoms with Crippen LogP contribution in [0.4, 0.5) is 0 Å². The normalized spacial score (nSPS) is 12.5. The van der Waals surface area contributed by atoms with Crippen LogP contribution in [0.3, 0.4) is 0 Å². The molecular weight excluding hydrogens is 276 g/mol. The highest BCUT2D eigenvalue weighted by Gasteiger charge is 2.22. The van der Waals surface area contributed by atoms with E-state index in [-0.39, 0.29) is 22.0 Å². The van der Waals surface area contributed by atoms with Gasteiger partial charge in [-0.1, -0.05) is 0 Å². The molecule has 0 unspecified atom stereocenters. The number of nitrogens with one attached hydrogen (secondary N) is 1. The van der Waals surface area contributed by atoms with Crippen molar-refractivity contribution in [1.29, 1.82) is 0 Å². The maximum Gasteiger partial charge on any atom is 0.268 e. The molecule has 7 heteroatoms. The number of amides is 1. The van der Waals surface area contributed by atoms with Crippen molar-refractivity contribution in [2.45, 2.75) is 44.7 Å². The second kappa shape index (κ2) is 4.93. The minimum absolute atomic E-state index is 0.0647. The summed E-state index contributed by atoms with van der Waals surface area (Å²) >= 11 is 0. The lowest BCUT2D eigenvalue weighted by molar-refractivity contribution is 0.0910. The molecule has 0 atom stereocenters. The van der Waals surface area contributed by atoms with Crippen molar-refractivity contribution in [3.05, 3.63) is 18.0 Å². The fourth-order valence-corrected chi connectivity index (χ4v) is 2.23. The van der Waals surface area contributed by atoms with Crippen molar-refractivity contribution < 1.29 is 13.2 Å². The fourth-order valence-electron chi connectivity index (χ4n) is 1.47. The highest BCUT2D eigenvalue weighted by atomic mass is 35.7. The Kier molecular flexibility index (Phi) is 4.12. The molecule has 0 saturated heterocycles. The van der Waals surface area contributed by atoms with Gasteiger partial charge in [0.25, 0.3) is 15.0 Å². The molecule has 1 N–H and O–H groups in total. The number of aryl methyl sites for hydroxylation is 1. The van der Waals surface area contributed by atoms with Crippen molar-refractivity contribution >= 4 is 25.6 Å². The number of hydrogen-bond acceptors (Lipinski definition) is 3. The molecule has 1 amide bonds. The molecule has 0 aliphatic heterocycles. The maximum atomic E-state index is 12.0. The van der Waals surface area contributed by atoms with Crippen LogP contribution in [0, 0.1) is 0 Å². The van der Waals surface area contributed by atoms with Gasteiger partial charge in [-0.05, 0) is 33.8 Å². The summed E-state index contributed by atoms with van der Waals surface area (Å²) in [6.45, 7) is 7.85. The third-order valence-corrected chi connectivity index (χ3v) is 3.54. The topological polar surface area (TPSA) is 68.2 Å². The number of carbonyl (C=O) groups is 1. The average Bonchev–Trinajstić information content (AvgIpc) is 2.57. The van der Waals surface area contributed by atoms with Gasteiger partial charge in [-0.15, -0.1) is 0 Å². The van der Waals surface area contributed by atoms with Crippen molar-refractivity contribution in [2.24, 2.45) is 0 Å². The van der Waals surface area contributed by atoms with Crippen LogP contribution in [-0.4, -0.2) is 24.4 Å². The number of carbonyl (C=O) groups excluding carboxylic acids is 1. The molecule has 0 fully saturated rings. The maximum absolute atomic E-state index is 12.0. The van der Waals surface area contributed by atoms with E-state index in [1.165, 1.54) is 12.3 Å². The largest absolute Gasteiger partial charge is 0.346 e. The Morgan fingerprint density at radius 2 is 2.00 bits per heavy atom. The van der Waals surface area contributed by atoms with E-state index in [0.717, 1.165) is 0 Å². The van der Waals surface area contributed by atoms with Gasteiger partial charge in [0.1, 0.15) is 10.6 Å². The van der Waals surface area contributed by atoms with Gasteiger partial charge >= 0.3 is 0 Å². The summed E-state index contributed by atoms with van der Waals surface area (Å²) < 4.78 is 24.0. The van der Waals surface area contributed by atoms with Gasteiger partial charge in [-0.3, -0.25) is 4.79 Å². The molecule has 5 nitrogen and oxygen atoms in total. The van der Waals surface area contributed by atoms with E-state index < -0.39 is 9.05 Å². The number of aromatic nitrogens is 1. The van der Waals surface area contributed by atoms with Gasteiger partial charge in [0.2, 0.25) is 0 Å². The molecule has 0 radical (unpaired) electrons. The predicted molar refractivity (Wildman–Crippen MR) is 70.4 cm³/mol. The fraction of sp³-hybridized carbons (Fsp3) is 0.545. The number of rotatable bonds is 3. The molecule has 0 bridgehead atoms. The first-order valence-electron chi connectivity index (χ1n) is 5.52. The highest BCUT2D eigenvalue weighted by Crippen LogP contribution is 2.19. The number of nitrogens with zero attached hydrogens (tertiary/aromatic N) is 1. The first-order valence-corrected chi connectivity index (χ1v) is 7.83. The molecule has 0 aliphatic rings. The lowest BCUT2D eigenvalue weighted by Gasteiger charge is -2.20. The van der Waals surface area contributed by atoms with E-state index >= 15 is 0 Å². The Bertz CT molecular complexity index is 555. The smallest absolute Gasteiger partial charge is 0.268 e. The summed E-state index contributed by atoms with van der Waals surface area (Å²) in [6, 6.07) is 1.28. The number of hydrogen-bond donors (Lipinski definition) is 1. The van der Waals surface area contributed by atoms with Crippen molar-refractivity contribution in [2.75, 3.05) is 0 Å². The Labute approximate surface area is 112 Å². The van der Waals surface area contributed by atoms with E-state index in [1.807, 2.05) is 27.7 Å².